The summed E-state index contributed by atoms with van der Waals surface area (Å²) in [6, 6.07) is 13.6. The lowest BCUT2D eigenvalue weighted by atomic mass is 9.83. The van der Waals surface area contributed by atoms with Crippen molar-refractivity contribution in [1.82, 2.24) is 15.3 Å². The van der Waals surface area contributed by atoms with Crippen LogP contribution >= 0.6 is 0 Å². The summed E-state index contributed by atoms with van der Waals surface area (Å²) in [6.45, 7) is 0.464. The molecule has 0 fully saturated rings. The van der Waals surface area contributed by atoms with E-state index in [1.54, 1.807) is 36.9 Å². The first kappa shape index (κ1) is 21.1. The Morgan fingerprint density at radius 2 is 1.60 bits per heavy atom. The van der Waals surface area contributed by atoms with Gasteiger partial charge in [-0.05, 0) is 60.2 Å². The maximum Gasteiger partial charge on any atom is 0.269 e. The van der Waals surface area contributed by atoms with Gasteiger partial charge in [0, 0.05) is 43.5 Å². The highest BCUT2D eigenvalue weighted by molar-refractivity contribution is 5.86. The number of nitro groups is 1. The third kappa shape index (κ3) is 5.03. The number of nitrogens with two attached hydrogens (primary N) is 1. The number of rotatable bonds is 10. The Labute approximate surface area is 174 Å². The van der Waals surface area contributed by atoms with Gasteiger partial charge in [0.25, 0.3) is 5.69 Å². The van der Waals surface area contributed by atoms with Crippen LogP contribution in [0.25, 0.3) is 0 Å². The van der Waals surface area contributed by atoms with E-state index in [0.29, 0.717) is 31.4 Å². The van der Waals surface area contributed by atoms with Crippen LogP contribution in [0.4, 0.5) is 5.69 Å². The van der Waals surface area contributed by atoms with E-state index in [1.165, 1.54) is 12.1 Å². The Bertz CT molecular complexity index is 998. The second-order valence-corrected chi connectivity index (χ2v) is 6.96. The number of non-ortho nitro benzene ring substituents is 1. The van der Waals surface area contributed by atoms with Crippen LogP contribution in [0.15, 0.2) is 73.3 Å². The van der Waals surface area contributed by atoms with Gasteiger partial charge in [-0.3, -0.25) is 30.2 Å². The van der Waals surface area contributed by atoms with E-state index < -0.39 is 16.4 Å². The number of aryl methyl sites for hydroxylation is 1. The van der Waals surface area contributed by atoms with Crippen LogP contribution < -0.4 is 11.1 Å². The standard InChI is InChI=1S/C22H23N5O3/c23-21(28)22(10-4-17-5-11-24-12-6-17,19-2-1-3-20(16-19)27(29)30)26-15-9-18-7-13-25-14-8-18/h1-3,5-8,11-14,16,26H,4,9-10,15H2,(H2,23,28). The van der Waals surface area contributed by atoms with Crippen molar-refractivity contribution in [2.45, 2.75) is 24.8 Å². The molecule has 0 aliphatic carbocycles. The van der Waals surface area contributed by atoms with Gasteiger partial charge >= 0.3 is 0 Å². The van der Waals surface area contributed by atoms with Crippen LogP contribution in [0.3, 0.4) is 0 Å². The second kappa shape index (κ2) is 9.71. The zero-order chi connectivity index (χ0) is 21.4. The molecule has 1 aromatic carbocycles. The molecule has 8 nitrogen and oxygen atoms in total. The summed E-state index contributed by atoms with van der Waals surface area (Å²) < 4.78 is 0. The molecule has 3 N–H and O–H groups in total. The highest BCUT2D eigenvalue weighted by Crippen LogP contribution is 2.29. The molecule has 0 spiro atoms. The lowest BCUT2D eigenvalue weighted by Crippen LogP contribution is -2.53. The van der Waals surface area contributed by atoms with Crippen molar-refractivity contribution in [3.63, 3.8) is 0 Å². The Morgan fingerprint density at radius 3 is 2.17 bits per heavy atom. The minimum absolute atomic E-state index is 0.0852. The van der Waals surface area contributed by atoms with Crippen LogP contribution in [0.1, 0.15) is 23.1 Å². The number of amides is 1. The van der Waals surface area contributed by atoms with E-state index in [9.17, 15) is 14.9 Å². The first-order valence-electron chi connectivity index (χ1n) is 9.59. The summed E-state index contributed by atoms with van der Waals surface area (Å²) in [4.78, 5) is 31.6. The summed E-state index contributed by atoms with van der Waals surface area (Å²) in [5.41, 5.74) is 7.08. The molecule has 8 heteroatoms. The molecule has 0 saturated heterocycles. The van der Waals surface area contributed by atoms with Gasteiger partial charge in [-0.25, -0.2) is 0 Å². The zero-order valence-corrected chi connectivity index (χ0v) is 16.4. The molecular weight excluding hydrogens is 382 g/mol. The third-order valence-electron chi connectivity index (χ3n) is 5.10. The fourth-order valence-corrected chi connectivity index (χ4v) is 3.42. The largest absolute Gasteiger partial charge is 0.368 e. The normalized spacial score (nSPS) is 12.8. The summed E-state index contributed by atoms with van der Waals surface area (Å²) >= 11 is 0. The second-order valence-electron chi connectivity index (χ2n) is 6.96. The number of carbonyl (C=O) groups is 1. The van der Waals surface area contributed by atoms with Crippen LogP contribution in [0.2, 0.25) is 0 Å². The molecule has 3 aromatic rings. The van der Waals surface area contributed by atoms with Gasteiger partial charge in [-0.2, -0.15) is 0 Å². The lowest BCUT2D eigenvalue weighted by molar-refractivity contribution is -0.385. The SMILES string of the molecule is NC(=O)C(CCc1ccncc1)(NCCc1ccncc1)c1cccc([N+](=O)[O-])c1. The van der Waals surface area contributed by atoms with Crippen molar-refractivity contribution in [2.75, 3.05) is 6.54 Å². The summed E-state index contributed by atoms with van der Waals surface area (Å²) in [7, 11) is 0. The van der Waals surface area contributed by atoms with E-state index in [1.807, 2.05) is 24.3 Å². The van der Waals surface area contributed by atoms with Gasteiger partial charge in [0.05, 0.1) is 4.92 Å². The molecule has 0 radical (unpaired) electrons. The molecule has 0 saturated carbocycles. The van der Waals surface area contributed by atoms with Crippen LogP contribution in [0.5, 0.6) is 0 Å². The van der Waals surface area contributed by atoms with Gasteiger partial charge in [0.1, 0.15) is 5.54 Å². The number of pyridine rings is 2. The highest BCUT2D eigenvalue weighted by atomic mass is 16.6. The number of aromatic nitrogens is 2. The number of benzene rings is 1. The molecule has 0 aliphatic heterocycles. The fourth-order valence-electron chi connectivity index (χ4n) is 3.42. The van der Waals surface area contributed by atoms with Gasteiger partial charge in [-0.1, -0.05) is 12.1 Å². The van der Waals surface area contributed by atoms with Crippen LogP contribution in [0, 0.1) is 10.1 Å². The van der Waals surface area contributed by atoms with Crippen LogP contribution in [-0.2, 0) is 23.2 Å². The monoisotopic (exact) mass is 405 g/mol. The van der Waals surface area contributed by atoms with E-state index in [4.69, 9.17) is 5.73 Å². The molecule has 0 bridgehead atoms. The summed E-state index contributed by atoms with van der Waals surface area (Å²) in [6.07, 6.45) is 8.35. The Kier molecular flexibility index (Phi) is 6.82. The smallest absolute Gasteiger partial charge is 0.269 e. The number of nitro benzene ring substituents is 1. The molecular formula is C22H23N5O3. The van der Waals surface area contributed by atoms with Gasteiger partial charge in [-0.15, -0.1) is 0 Å². The molecule has 3 rings (SSSR count). The molecule has 1 unspecified atom stereocenters. The average molecular weight is 405 g/mol. The number of primary amides is 1. The van der Waals surface area contributed by atoms with E-state index in [-0.39, 0.29) is 5.69 Å². The van der Waals surface area contributed by atoms with Gasteiger partial charge < -0.3 is 5.73 Å². The molecule has 154 valence electrons. The molecule has 0 aliphatic rings. The minimum Gasteiger partial charge on any atom is -0.368 e. The van der Waals surface area contributed by atoms with Crippen molar-refractivity contribution < 1.29 is 9.72 Å². The number of hydrogen-bond acceptors (Lipinski definition) is 6. The lowest BCUT2D eigenvalue weighted by Gasteiger charge is -2.32. The number of nitrogens with one attached hydrogen (secondary N) is 1. The number of carbonyl (C=O) groups excluding carboxylic acids is 1. The fraction of sp³-hybridized carbons (Fsp3) is 0.227. The van der Waals surface area contributed by atoms with Gasteiger partial charge in [0.2, 0.25) is 5.91 Å². The van der Waals surface area contributed by atoms with Crippen molar-refractivity contribution >= 4 is 11.6 Å². The third-order valence-corrected chi connectivity index (χ3v) is 5.10. The van der Waals surface area contributed by atoms with Crippen LogP contribution in [-0.4, -0.2) is 27.3 Å². The summed E-state index contributed by atoms with van der Waals surface area (Å²) in [5, 5.41) is 14.6. The minimum atomic E-state index is -1.25. The maximum absolute atomic E-state index is 12.7. The van der Waals surface area contributed by atoms with Crippen molar-refractivity contribution in [3.05, 3.63) is 100 Å². The zero-order valence-electron chi connectivity index (χ0n) is 16.4. The van der Waals surface area contributed by atoms with Crippen molar-refractivity contribution in [2.24, 2.45) is 5.73 Å². The maximum atomic E-state index is 12.7. The molecule has 30 heavy (non-hydrogen) atoms. The first-order chi connectivity index (χ1) is 14.5. The Hall–Kier alpha value is -3.65. The summed E-state index contributed by atoms with van der Waals surface area (Å²) in [5.74, 6) is -0.577. The number of nitrogens with zero attached hydrogens (tertiary/aromatic N) is 3. The molecule has 1 atom stereocenters. The molecule has 2 heterocycles. The highest BCUT2D eigenvalue weighted by Gasteiger charge is 2.38. The van der Waals surface area contributed by atoms with E-state index in [2.05, 4.69) is 15.3 Å². The Morgan fingerprint density at radius 1 is 1.00 bits per heavy atom. The molecule has 1 amide bonds. The predicted octanol–water partition coefficient (Wildman–Crippen LogP) is 2.53. The average Bonchev–Trinajstić information content (AvgIpc) is 2.77. The Balaban J connectivity index is 1.90. The first-order valence-corrected chi connectivity index (χ1v) is 9.59. The van der Waals surface area contributed by atoms with Crippen molar-refractivity contribution in [3.8, 4) is 0 Å². The van der Waals surface area contributed by atoms with E-state index in [0.717, 1.165) is 11.1 Å². The predicted molar refractivity (Wildman–Crippen MR) is 112 cm³/mol. The van der Waals surface area contributed by atoms with Gasteiger partial charge in [0.15, 0.2) is 0 Å². The van der Waals surface area contributed by atoms with Crippen molar-refractivity contribution in [1.29, 1.82) is 0 Å². The molecule has 2 aromatic heterocycles. The quantitative estimate of drug-likeness (QED) is 0.394. The topological polar surface area (TPSA) is 124 Å². The van der Waals surface area contributed by atoms with E-state index >= 15 is 0 Å². The number of hydrogen-bond donors (Lipinski definition) is 2.